The molecule has 0 aliphatic heterocycles. The van der Waals surface area contributed by atoms with Crippen LogP contribution in [0.3, 0.4) is 0 Å². The van der Waals surface area contributed by atoms with Crippen molar-refractivity contribution in [3.8, 4) is 23.2 Å². The number of carboxylic acids is 2. The maximum Gasteiger partial charge on any atom is 0.335 e. The van der Waals surface area contributed by atoms with E-state index < -0.39 is 29.7 Å². The summed E-state index contributed by atoms with van der Waals surface area (Å²) >= 11 is 0. The molecular formula is C32H24F2N4O6. The molecule has 2 N–H and O–H groups in total. The Kier molecular flexibility index (Phi) is 8.59. The van der Waals surface area contributed by atoms with Crippen LogP contribution >= 0.6 is 0 Å². The number of imidazole rings is 1. The number of ether oxygens (including phenoxy) is 2. The van der Waals surface area contributed by atoms with Crippen LogP contribution in [0, 0.1) is 23.0 Å². The van der Waals surface area contributed by atoms with Crippen LogP contribution in [-0.2, 0) is 29.1 Å². The summed E-state index contributed by atoms with van der Waals surface area (Å²) < 4.78 is 41.9. The van der Waals surface area contributed by atoms with Crippen LogP contribution in [0.15, 0.2) is 72.8 Å². The average molecular weight is 599 g/mol. The van der Waals surface area contributed by atoms with Gasteiger partial charge in [-0.3, -0.25) is 0 Å². The molecule has 12 heteroatoms. The van der Waals surface area contributed by atoms with Crippen molar-refractivity contribution in [2.45, 2.75) is 25.7 Å². The van der Waals surface area contributed by atoms with Crippen molar-refractivity contribution in [2.24, 2.45) is 0 Å². The molecule has 0 amide bonds. The van der Waals surface area contributed by atoms with Crippen molar-refractivity contribution in [3.05, 3.63) is 113 Å². The van der Waals surface area contributed by atoms with Gasteiger partial charge in [0.1, 0.15) is 24.1 Å². The highest BCUT2D eigenvalue weighted by atomic mass is 19.1. The third-order valence-corrected chi connectivity index (χ3v) is 6.96. The molecule has 0 saturated heterocycles. The first-order valence-corrected chi connectivity index (χ1v) is 13.2. The number of carbonyl (C=O) groups is 2. The van der Waals surface area contributed by atoms with Gasteiger partial charge in [-0.25, -0.2) is 28.3 Å². The van der Waals surface area contributed by atoms with Gasteiger partial charge in [-0.15, -0.1) is 0 Å². The van der Waals surface area contributed by atoms with E-state index in [0.29, 0.717) is 28.1 Å². The van der Waals surface area contributed by atoms with Gasteiger partial charge in [0.15, 0.2) is 6.10 Å². The summed E-state index contributed by atoms with van der Waals surface area (Å²) in [5.41, 5.74) is 2.35. The Morgan fingerprint density at radius 2 is 1.75 bits per heavy atom. The highest BCUT2D eigenvalue weighted by Crippen LogP contribution is 2.26. The molecule has 0 aliphatic rings. The van der Waals surface area contributed by atoms with Crippen molar-refractivity contribution >= 4 is 23.0 Å². The number of aromatic carboxylic acids is 1. The lowest BCUT2D eigenvalue weighted by Gasteiger charge is -2.15. The summed E-state index contributed by atoms with van der Waals surface area (Å²) in [6.45, 7) is -0.300. The van der Waals surface area contributed by atoms with Crippen LogP contribution < -0.4 is 4.74 Å². The first kappa shape index (κ1) is 29.8. The molecule has 44 heavy (non-hydrogen) atoms. The van der Waals surface area contributed by atoms with Crippen molar-refractivity contribution < 1.29 is 38.1 Å². The van der Waals surface area contributed by atoms with Crippen LogP contribution in [0.25, 0.3) is 22.3 Å². The summed E-state index contributed by atoms with van der Waals surface area (Å²) in [7, 11) is 1.25. The van der Waals surface area contributed by atoms with E-state index >= 15 is 4.39 Å². The zero-order valence-electron chi connectivity index (χ0n) is 23.2. The van der Waals surface area contributed by atoms with Gasteiger partial charge in [0.25, 0.3) is 0 Å². The number of methoxy groups -OCH3 is 1. The Hall–Kier alpha value is -5.67. The molecule has 0 radical (unpaired) electrons. The van der Waals surface area contributed by atoms with Gasteiger partial charge in [-0.2, -0.15) is 5.26 Å². The highest BCUT2D eigenvalue weighted by Gasteiger charge is 2.22. The number of hydrogen-bond donors (Lipinski definition) is 2. The van der Waals surface area contributed by atoms with Crippen molar-refractivity contribution in [1.29, 1.82) is 5.26 Å². The number of nitrogens with zero attached hydrogens (tertiary/aromatic N) is 4. The molecule has 5 rings (SSSR count). The van der Waals surface area contributed by atoms with Crippen LogP contribution in [0.5, 0.6) is 5.88 Å². The van der Waals surface area contributed by atoms with Gasteiger partial charge in [-0.05, 0) is 48.0 Å². The Bertz CT molecular complexity index is 1930. The van der Waals surface area contributed by atoms with E-state index in [4.69, 9.17) is 14.7 Å². The minimum Gasteiger partial charge on any atom is -0.479 e. The minimum absolute atomic E-state index is 0.00854. The fourth-order valence-electron chi connectivity index (χ4n) is 4.63. The predicted octanol–water partition coefficient (Wildman–Crippen LogP) is 5.22. The van der Waals surface area contributed by atoms with Crippen LogP contribution in [0.2, 0.25) is 0 Å². The Balaban J connectivity index is 1.40. The van der Waals surface area contributed by atoms with Crippen molar-refractivity contribution in [1.82, 2.24) is 14.5 Å². The van der Waals surface area contributed by atoms with E-state index in [-0.39, 0.29) is 47.7 Å². The topological polar surface area (TPSA) is 148 Å². The van der Waals surface area contributed by atoms with E-state index in [1.165, 1.54) is 48.1 Å². The quantitative estimate of drug-likeness (QED) is 0.209. The number of nitriles is 1. The third kappa shape index (κ3) is 6.38. The average Bonchev–Trinajstić information content (AvgIpc) is 3.35. The summed E-state index contributed by atoms with van der Waals surface area (Å²) in [5.74, 6) is -3.01. The first-order valence-electron chi connectivity index (χ1n) is 13.2. The Morgan fingerprint density at radius 1 is 0.977 bits per heavy atom. The highest BCUT2D eigenvalue weighted by molar-refractivity contribution is 5.92. The lowest BCUT2D eigenvalue weighted by Crippen LogP contribution is -2.28. The Morgan fingerprint density at radius 3 is 2.43 bits per heavy atom. The maximum atomic E-state index is 15.5. The van der Waals surface area contributed by atoms with E-state index in [1.54, 1.807) is 30.3 Å². The second-order valence-corrected chi connectivity index (χ2v) is 9.76. The van der Waals surface area contributed by atoms with Gasteiger partial charge in [0.2, 0.25) is 5.88 Å². The Labute approximate surface area is 249 Å². The lowest BCUT2D eigenvalue weighted by molar-refractivity contribution is -0.149. The molecule has 0 saturated carbocycles. The van der Waals surface area contributed by atoms with Gasteiger partial charge in [0.05, 0.1) is 40.5 Å². The fourth-order valence-corrected chi connectivity index (χ4v) is 4.63. The van der Waals surface area contributed by atoms with Crippen molar-refractivity contribution in [3.63, 3.8) is 0 Å². The molecule has 3 aromatic carbocycles. The van der Waals surface area contributed by atoms with Gasteiger partial charge < -0.3 is 24.3 Å². The second kappa shape index (κ2) is 12.7. The molecule has 0 bridgehead atoms. The number of aliphatic carboxylic acids is 1. The number of halogens is 2. The van der Waals surface area contributed by atoms with E-state index in [0.717, 1.165) is 6.07 Å². The molecule has 222 valence electrons. The maximum absolute atomic E-state index is 15.5. The normalized spacial score (nSPS) is 11.7. The molecule has 0 fully saturated rings. The monoisotopic (exact) mass is 598 g/mol. The number of pyridine rings is 1. The van der Waals surface area contributed by atoms with Gasteiger partial charge in [0, 0.05) is 30.7 Å². The molecule has 2 aromatic heterocycles. The number of carboxylic acid groups (broad SMARTS) is 2. The molecule has 1 atom stereocenters. The summed E-state index contributed by atoms with van der Waals surface area (Å²) in [5, 5.41) is 27.9. The molecule has 0 spiro atoms. The lowest BCUT2D eigenvalue weighted by atomic mass is 10.1. The number of fused-ring (bicyclic) bond motifs is 1. The zero-order valence-corrected chi connectivity index (χ0v) is 23.2. The van der Waals surface area contributed by atoms with E-state index in [2.05, 4.69) is 9.97 Å². The van der Waals surface area contributed by atoms with Gasteiger partial charge >= 0.3 is 11.9 Å². The number of rotatable bonds is 11. The molecule has 5 aromatic rings. The molecule has 0 unspecified atom stereocenters. The largest absolute Gasteiger partial charge is 0.479 e. The SMILES string of the molecule is CO[C@H](Cn1c(Cc2ccc(-c3cccc(OCc4ccc(C#N)cc4F)n3)cc2F)nc2ccc(C(=O)O)cc21)C(=O)O. The number of aromatic nitrogens is 3. The van der Waals surface area contributed by atoms with Gasteiger partial charge in [-0.1, -0.05) is 24.3 Å². The molecule has 10 nitrogen and oxygen atoms in total. The van der Waals surface area contributed by atoms with Crippen LogP contribution in [0.4, 0.5) is 8.78 Å². The molecule has 2 heterocycles. The predicted molar refractivity (Wildman–Crippen MR) is 153 cm³/mol. The smallest absolute Gasteiger partial charge is 0.335 e. The minimum atomic E-state index is -1.25. The van der Waals surface area contributed by atoms with E-state index in [9.17, 15) is 24.2 Å². The molecule has 0 aliphatic carbocycles. The number of benzene rings is 3. The summed E-state index contributed by atoms with van der Waals surface area (Å²) in [4.78, 5) is 32.2. The fraction of sp³-hybridized carbons (Fsp3) is 0.156. The molecular weight excluding hydrogens is 574 g/mol. The summed E-state index contributed by atoms with van der Waals surface area (Å²) in [6.07, 6.45) is -1.27. The first-order chi connectivity index (χ1) is 21.2. The standard InChI is InChI=1S/C32H24F2N4O6/c1-43-28(32(41)42)16-38-27-13-21(31(39)40)9-10-26(27)36-29(38)14-19-7-8-20(12-24(19)34)25-3-2-4-30(37-25)44-17-22-6-5-18(15-35)11-23(22)33/h2-13,28H,14,16-17H2,1H3,(H,39,40)(H,41,42)/t28-/m1/s1. The van der Waals surface area contributed by atoms with E-state index in [1.807, 2.05) is 6.07 Å². The second-order valence-electron chi connectivity index (χ2n) is 9.76. The number of hydrogen-bond acceptors (Lipinski definition) is 7. The zero-order chi connectivity index (χ0) is 31.4. The third-order valence-electron chi connectivity index (χ3n) is 6.96. The summed E-state index contributed by atoms with van der Waals surface area (Å²) in [6, 6.07) is 19.7. The van der Waals surface area contributed by atoms with Crippen molar-refractivity contribution in [2.75, 3.05) is 7.11 Å². The van der Waals surface area contributed by atoms with Crippen LogP contribution in [-0.4, -0.2) is 49.9 Å². The van der Waals surface area contributed by atoms with Crippen LogP contribution in [0.1, 0.15) is 32.9 Å².